The van der Waals surface area contributed by atoms with Crippen molar-refractivity contribution in [1.29, 1.82) is 0 Å². The molecular formula is C10H14BrN5. The second-order valence-corrected chi connectivity index (χ2v) is 4.50. The van der Waals surface area contributed by atoms with Gasteiger partial charge in [0.2, 0.25) is 0 Å². The predicted molar refractivity (Wildman–Crippen MR) is 66.0 cm³/mol. The van der Waals surface area contributed by atoms with Gasteiger partial charge in [0, 0.05) is 18.3 Å². The van der Waals surface area contributed by atoms with Gasteiger partial charge in [-0.25, -0.2) is 4.68 Å². The number of rotatable bonds is 4. The molecule has 0 atom stereocenters. The van der Waals surface area contributed by atoms with Crippen molar-refractivity contribution in [2.45, 2.75) is 26.4 Å². The van der Waals surface area contributed by atoms with Crippen molar-refractivity contribution in [3.05, 3.63) is 28.6 Å². The summed E-state index contributed by atoms with van der Waals surface area (Å²) in [5.74, 6) is 0.642. The van der Waals surface area contributed by atoms with Gasteiger partial charge in [0.1, 0.15) is 5.82 Å². The number of hydrogen-bond acceptors (Lipinski definition) is 3. The third-order valence-corrected chi connectivity index (χ3v) is 2.92. The molecule has 0 radical (unpaired) electrons. The number of nitrogens with zero attached hydrogens (tertiary/aromatic N) is 4. The number of anilines is 1. The van der Waals surface area contributed by atoms with Crippen LogP contribution >= 0.6 is 15.9 Å². The molecule has 0 bridgehead atoms. The number of hydrogen-bond donors (Lipinski definition) is 1. The quantitative estimate of drug-likeness (QED) is 0.932. The minimum atomic E-state index is 0.642. The summed E-state index contributed by atoms with van der Waals surface area (Å²) in [6.07, 6.45) is 6.66. The molecule has 0 aromatic carbocycles. The molecule has 0 unspecified atom stereocenters. The molecule has 86 valence electrons. The maximum Gasteiger partial charge on any atom is 0.136 e. The predicted octanol–water partition coefficient (Wildman–Crippen LogP) is 1.88. The smallest absolute Gasteiger partial charge is 0.136 e. The highest BCUT2D eigenvalue weighted by Crippen LogP contribution is 2.18. The fraction of sp³-hybridized carbons (Fsp3) is 0.400. The molecule has 0 aliphatic rings. The van der Waals surface area contributed by atoms with Crippen molar-refractivity contribution >= 4 is 21.7 Å². The second-order valence-electron chi connectivity index (χ2n) is 3.65. The van der Waals surface area contributed by atoms with E-state index >= 15 is 0 Å². The summed E-state index contributed by atoms with van der Waals surface area (Å²) in [4.78, 5) is 0. The molecule has 2 rings (SSSR count). The van der Waals surface area contributed by atoms with Crippen molar-refractivity contribution in [2.75, 3.05) is 5.73 Å². The van der Waals surface area contributed by atoms with Gasteiger partial charge in [0.15, 0.2) is 0 Å². The first kappa shape index (κ1) is 11.2. The molecule has 0 aliphatic carbocycles. The largest absolute Gasteiger partial charge is 0.383 e. The van der Waals surface area contributed by atoms with Gasteiger partial charge in [0.05, 0.1) is 23.4 Å². The maximum atomic E-state index is 5.84. The molecule has 2 aromatic rings. The number of nitrogen functional groups attached to an aromatic ring is 1. The second kappa shape index (κ2) is 4.69. The van der Waals surface area contributed by atoms with E-state index < -0.39 is 0 Å². The van der Waals surface area contributed by atoms with Gasteiger partial charge in [-0.2, -0.15) is 10.2 Å². The lowest BCUT2D eigenvalue weighted by atomic mass is 10.3. The molecular weight excluding hydrogens is 270 g/mol. The lowest BCUT2D eigenvalue weighted by Crippen LogP contribution is -2.05. The van der Waals surface area contributed by atoms with E-state index in [1.54, 1.807) is 10.9 Å². The van der Waals surface area contributed by atoms with Gasteiger partial charge in [0.25, 0.3) is 0 Å². The van der Waals surface area contributed by atoms with Crippen LogP contribution in [0.25, 0.3) is 0 Å². The standard InChI is InChI=1S/C10H14BrN5/c1-2-3-15-6-8(4-13-15)7-16-10(12)9(11)5-14-16/h4-6H,2-3,7,12H2,1H3. The van der Waals surface area contributed by atoms with Gasteiger partial charge in [-0.05, 0) is 22.4 Å². The molecule has 0 saturated carbocycles. The van der Waals surface area contributed by atoms with E-state index in [4.69, 9.17) is 5.73 Å². The molecule has 0 aliphatic heterocycles. The number of aromatic nitrogens is 4. The number of aryl methyl sites for hydroxylation is 1. The van der Waals surface area contributed by atoms with Crippen LogP contribution in [0, 0.1) is 0 Å². The number of nitrogens with two attached hydrogens (primary N) is 1. The van der Waals surface area contributed by atoms with E-state index in [0.717, 1.165) is 23.0 Å². The highest BCUT2D eigenvalue weighted by Gasteiger charge is 2.06. The SMILES string of the molecule is CCCn1cc(Cn2ncc(Br)c2N)cn1. The van der Waals surface area contributed by atoms with Crippen LogP contribution in [0.15, 0.2) is 23.1 Å². The van der Waals surface area contributed by atoms with Crippen LogP contribution in [0.3, 0.4) is 0 Å². The van der Waals surface area contributed by atoms with E-state index in [1.807, 2.05) is 17.1 Å². The molecule has 0 spiro atoms. The summed E-state index contributed by atoms with van der Waals surface area (Å²) < 4.78 is 4.51. The van der Waals surface area contributed by atoms with Crippen LogP contribution in [-0.4, -0.2) is 19.6 Å². The molecule has 0 saturated heterocycles. The van der Waals surface area contributed by atoms with Crippen LogP contribution in [-0.2, 0) is 13.1 Å². The first-order valence-electron chi connectivity index (χ1n) is 5.19. The lowest BCUT2D eigenvalue weighted by molar-refractivity contribution is 0.601. The summed E-state index contributed by atoms with van der Waals surface area (Å²) in [6.45, 7) is 3.73. The normalized spacial score (nSPS) is 10.9. The summed E-state index contributed by atoms with van der Waals surface area (Å²) >= 11 is 3.33. The van der Waals surface area contributed by atoms with Crippen LogP contribution in [0.2, 0.25) is 0 Å². The van der Waals surface area contributed by atoms with Crippen molar-refractivity contribution in [3.8, 4) is 0 Å². The molecule has 0 amide bonds. The summed E-state index contributed by atoms with van der Waals surface area (Å²) in [5.41, 5.74) is 6.95. The Morgan fingerprint density at radius 2 is 2.19 bits per heavy atom. The van der Waals surface area contributed by atoms with E-state index in [0.29, 0.717) is 12.4 Å². The summed E-state index contributed by atoms with van der Waals surface area (Å²) in [5, 5.41) is 8.44. The Morgan fingerprint density at radius 1 is 1.38 bits per heavy atom. The molecule has 6 heteroatoms. The Kier molecular flexibility index (Phi) is 3.28. The average Bonchev–Trinajstić information content (AvgIpc) is 2.82. The lowest BCUT2D eigenvalue weighted by Gasteiger charge is -2.01. The van der Waals surface area contributed by atoms with Gasteiger partial charge in [-0.1, -0.05) is 6.92 Å². The van der Waals surface area contributed by atoms with Crippen molar-refractivity contribution in [2.24, 2.45) is 0 Å². The van der Waals surface area contributed by atoms with Crippen molar-refractivity contribution < 1.29 is 0 Å². The minimum Gasteiger partial charge on any atom is -0.383 e. The first-order chi connectivity index (χ1) is 7.70. The third-order valence-electron chi connectivity index (χ3n) is 2.31. The highest BCUT2D eigenvalue weighted by atomic mass is 79.9. The zero-order valence-corrected chi connectivity index (χ0v) is 10.7. The van der Waals surface area contributed by atoms with E-state index in [-0.39, 0.29) is 0 Å². The van der Waals surface area contributed by atoms with E-state index in [2.05, 4.69) is 33.1 Å². The van der Waals surface area contributed by atoms with Crippen LogP contribution < -0.4 is 5.73 Å². The van der Waals surface area contributed by atoms with Gasteiger partial charge >= 0.3 is 0 Å². The molecule has 16 heavy (non-hydrogen) atoms. The molecule has 2 aromatic heterocycles. The molecule has 2 heterocycles. The minimum absolute atomic E-state index is 0.642. The number of halogens is 1. The summed E-state index contributed by atoms with van der Waals surface area (Å²) in [6, 6.07) is 0. The Hall–Kier alpha value is -1.30. The van der Waals surface area contributed by atoms with Gasteiger partial charge < -0.3 is 5.73 Å². The van der Waals surface area contributed by atoms with E-state index in [9.17, 15) is 0 Å². The molecule has 5 nitrogen and oxygen atoms in total. The zero-order valence-electron chi connectivity index (χ0n) is 9.10. The highest BCUT2D eigenvalue weighted by molar-refractivity contribution is 9.10. The maximum absolute atomic E-state index is 5.84. The Labute approximate surface area is 102 Å². The molecule has 2 N–H and O–H groups in total. The zero-order chi connectivity index (χ0) is 11.5. The van der Waals surface area contributed by atoms with Crippen molar-refractivity contribution in [1.82, 2.24) is 19.6 Å². The van der Waals surface area contributed by atoms with Crippen LogP contribution in [0.4, 0.5) is 5.82 Å². The Morgan fingerprint density at radius 3 is 2.81 bits per heavy atom. The fourth-order valence-corrected chi connectivity index (χ4v) is 1.81. The first-order valence-corrected chi connectivity index (χ1v) is 5.98. The fourth-order valence-electron chi connectivity index (χ4n) is 1.51. The Balaban J connectivity index is 2.11. The van der Waals surface area contributed by atoms with Gasteiger partial charge in [-0.3, -0.25) is 4.68 Å². The topological polar surface area (TPSA) is 61.7 Å². The van der Waals surface area contributed by atoms with Crippen LogP contribution in [0.5, 0.6) is 0 Å². The Bertz CT molecular complexity index is 473. The summed E-state index contributed by atoms with van der Waals surface area (Å²) in [7, 11) is 0. The average molecular weight is 284 g/mol. The third kappa shape index (κ3) is 2.27. The monoisotopic (exact) mass is 283 g/mol. The van der Waals surface area contributed by atoms with Gasteiger partial charge in [-0.15, -0.1) is 0 Å². The van der Waals surface area contributed by atoms with Crippen LogP contribution in [0.1, 0.15) is 18.9 Å². The van der Waals surface area contributed by atoms with Crippen molar-refractivity contribution in [3.63, 3.8) is 0 Å². The molecule has 0 fully saturated rings. The van der Waals surface area contributed by atoms with E-state index in [1.165, 1.54) is 0 Å².